The SMILES string of the molecule is Cc1ccc(C(=O)c2cc(C(F)(F)F)nn2-c2ccc(S(N)(=O)=O)cc2)cc1. The zero-order valence-electron chi connectivity index (χ0n) is 14.4. The first-order valence-corrected chi connectivity index (χ1v) is 9.43. The zero-order valence-corrected chi connectivity index (χ0v) is 15.3. The molecule has 0 atom stereocenters. The van der Waals surface area contributed by atoms with E-state index in [0.717, 1.165) is 22.4 Å². The number of benzene rings is 2. The van der Waals surface area contributed by atoms with Crippen molar-refractivity contribution in [3.05, 3.63) is 77.1 Å². The minimum Gasteiger partial charge on any atom is -0.287 e. The molecule has 0 aliphatic carbocycles. The van der Waals surface area contributed by atoms with Crippen LogP contribution in [0.15, 0.2) is 59.5 Å². The maximum Gasteiger partial charge on any atom is 0.435 e. The Morgan fingerprint density at radius 1 is 1.04 bits per heavy atom. The molecule has 0 aliphatic heterocycles. The Kier molecular flexibility index (Phi) is 4.86. The Morgan fingerprint density at radius 2 is 1.61 bits per heavy atom. The topological polar surface area (TPSA) is 95.0 Å². The number of primary sulfonamides is 1. The molecule has 0 saturated carbocycles. The summed E-state index contributed by atoms with van der Waals surface area (Å²) >= 11 is 0. The highest BCUT2D eigenvalue weighted by Gasteiger charge is 2.36. The Labute approximate surface area is 158 Å². The summed E-state index contributed by atoms with van der Waals surface area (Å²) in [7, 11) is -3.97. The van der Waals surface area contributed by atoms with Gasteiger partial charge in [-0.3, -0.25) is 4.79 Å². The number of nitrogens with two attached hydrogens (primary N) is 1. The lowest BCUT2D eigenvalue weighted by Crippen LogP contribution is -2.13. The van der Waals surface area contributed by atoms with E-state index in [1.54, 1.807) is 12.1 Å². The molecule has 3 aromatic rings. The van der Waals surface area contributed by atoms with Gasteiger partial charge in [0.15, 0.2) is 5.69 Å². The van der Waals surface area contributed by atoms with Crippen LogP contribution in [-0.4, -0.2) is 24.0 Å². The lowest BCUT2D eigenvalue weighted by atomic mass is 10.1. The summed E-state index contributed by atoms with van der Waals surface area (Å²) < 4.78 is 63.0. The molecule has 0 radical (unpaired) electrons. The van der Waals surface area contributed by atoms with E-state index in [-0.39, 0.29) is 21.8 Å². The van der Waals surface area contributed by atoms with Crippen LogP contribution >= 0.6 is 0 Å². The average molecular weight is 409 g/mol. The molecule has 28 heavy (non-hydrogen) atoms. The Balaban J connectivity index is 2.13. The molecule has 0 amide bonds. The summed E-state index contributed by atoms with van der Waals surface area (Å²) in [5.74, 6) is -0.654. The highest BCUT2D eigenvalue weighted by molar-refractivity contribution is 7.89. The van der Waals surface area contributed by atoms with Crippen molar-refractivity contribution in [2.75, 3.05) is 0 Å². The van der Waals surface area contributed by atoms with Crippen LogP contribution in [0.2, 0.25) is 0 Å². The lowest BCUT2D eigenvalue weighted by molar-refractivity contribution is -0.141. The first-order chi connectivity index (χ1) is 13.0. The van der Waals surface area contributed by atoms with Crippen molar-refractivity contribution in [1.29, 1.82) is 0 Å². The second-order valence-corrected chi connectivity index (χ2v) is 7.62. The largest absolute Gasteiger partial charge is 0.435 e. The molecule has 1 aromatic heterocycles. The van der Waals surface area contributed by atoms with Crippen LogP contribution in [0.1, 0.15) is 27.3 Å². The fourth-order valence-corrected chi connectivity index (χ4v) is 3.02. The number of alkyl halides is 3. The van der Waals surface area contributed by atoms with Crippen molar-refractivity contribution < 1.29 is 26.4 Å². The van der Waals surface area contributed by atoms with Gasteiger partial charge in [0.2, 0.25) is 15.8 Å². The minimum atomic E-state index is -4.76. The molecule has 2 N–H and O–H groups in total. The van der Waals surface area contributed by atoms with Gasteiger partial charge in [-0.15, -0.1) is 0 Å². The van der Waals surface area contributed by atoms with Gasteiger partial charge in [-0.25, -0.2) is 18.2 Å². The number of rotatable bonds is 4. The predicted octanol–water partition coefficient (Wildman–Crippen LogP) is 3.08. The van der Waals surface area contributed by atoms with Crippen molar-refractivity contribution in [3.8, 4) is 5.69 Å². The third kappa shape index (κ3) is 3.97. The monoisotopic (exact) mass is 409 g/mol. The average Bonchev–Trinajstić information content (AvgIpc) is 3.07. The van der Waals surface area contributed by atoms with Crippen molar-refractivity contribution in [2.24, 2.45) is 5.14 Å². The first kappa shape index (κ1) is 19.8. The summed E-state index contributed by atoms with van der Waals surface area (Å²) in [6.45, 7) is 1.81. The highest BCUT2D eigenvalue weighted by atomic mass is 32.2. The smallest absolute Gasteiger partial charge is 0.287 e. The van der Waals surface area contributed by atoms with Gasteiger partial charge in [-0.05, 0) is 31.2 Å². The van der Waals surface area contributed by atoms with E-state index >= 15 is 0 Å². The predicted molar refractivity (Wildman–Crippen MR) is 94.6 cm³/mol. The number of aromatic nitrogens is 2. The van der Waals surface area contributed by atoms with Gasteiger partial charge < -0.3 is 0 Å². The maximum absolute atomic E-state index is 13.2. The van der Waals surface area contributed by atoms with Crippen LogP contribution in [0.5, 0.6) is 0 Å². The third-order valence-corrected chi connectivity index (χ3v) is 4.89. The number of carbonyl (C=O) groups is 1. The van der Waals surface area contributed by atoms with E-state index in [9.17, 15) is 26.4 Å². The number of halogens is 3. The normalized spacial score (nSPS) is 12.2. The molecule has 0 aliphatic rings. The van der Waals surface area contributed by atoms with Gasteiger partial charge in [-0.1, -0.05) is 29.8 Å². The summed E-state index contributed by atoms with van der Waals surface area (Å²) in [5, 5.41) is 8.52. The summed E-state index contributed by atoms with van der Waals surface area (Å²) in [6, 6.07) is 11.7. The van der Waals surface area contributed by atoms with E-state index < -0.39 is 27.7 Å². The van der Waals surface area contributed by atoms with Crippen LogP contribution in [0, 0.1) is 6.92 Å². The van der Waals surface area contributed by atoms with E-state index in [0.29, 0.717) is 6.07 Å². The first-order valence-electron chi connectivity index (χ1n) is 7.89. The molecule has 0 saturated heterocycles. The molecule has 2 aromatic carbocycles. The summed E-state index contributed by atoms with van der Waals surface area (Å²) in [5.41, 5.74) is -0.377. The molecule has 0 bridgehead atoms. The van der Waals surface area contributed by atoms with Gasteiger partial charge in [0.25, 0.3) is 0 Å². The quantitative estimate of drug-likeness (QED) is 0.670. The number of carbonyl (C=O) groups excluding carboxylic acids is 1. The number of aryl methyl sites for hydroxylation is 1. The number of ketones is 1. The Hall–Kier alpha value is -2.98. The van der Waals surface area contributed by atoms with Crippen LogP contribution in [0.3, 0.4) is 0 Å². The molecule has 146 valence electrons. The van der Waals surface area contributed by atoms with Crippen LogP contribution in [-0.2, 0) is 16.2 Å². The lowest BCUT2D eigenvalue weighted by Gasteiger charge is -2.08. The molecule has 10 heteroatoms. The van der Waals surface area contributed by atoms with Gasteiger partial charge in [0.05, 0.1) is 10.6 Å². The zero-order chi connectivity index (χ0) is 20.7. The summed E-state index contributed by atoms with van der Waals surface area (Å²) in [4.78, 5) is 12.6. The van der Waals surface area contributed by atoms with Crippen molar-refractivity contribution in [3.63, 3.8) is 0 Å². The maximum atomic E-state index is 13.2. The number of hydrogen-bond acceptors (Lipinski definition) is 4. The van der Waals surface area contributed by atoms with E-state index in [1.807, 2.05) is 6.92 Å². The molecule has 0 spiro atoms. The van der Waals surface area contributed by atoms with E-state index in [2.05, 4.69) is 5.10 Å². The molecule has 0 unspecified atom stereocenters. The molecule has 6 nitrogen and oxygen atoms in total. The van der Waals surface area contributed by atoms with Crippen LogP contribution < -0.4 is 5.14 Å². The molecular formula is C18H14F3N3O3S. The van der Waals surface area contributed by atoms with Gasteiger partial charge >= 0.3 is 6.18 Å². The Bertz CT molecular complexity index is 1130. The second kappa shape index (κ2) is 6.88. The number of hydrogen-bond donors (Lipinski definition) is 1. The van der Waals surface area contributed by atoms with Gasteiger partial charge in [-0.2, -0.15) is 18.3 Å². The van der Waals surface area contributed by atoms with Crippen LogP contribution in [0.25, 0.3) is 5.69 Å². The molecule has 0 fully saturated rings. The van der Waals surface area contributed by atoms with Crippen molar-refractivity contribution >= 4 is 15.8 Å². The van der Waals surface area contributed by atoms with E-state index in [1.165, 1.54) is 24.3 Å². The standard InChI is InChI=1S/C18H14F3N3O3S/c1-11-2-4-12(5-3-11)17(25)15-10-16(18(19,20)21)23-24(15)13-6-8-14(9-7-13)28(22,26)27/h2-10H,1H3,(H2,22,26,27). The summed E-state index contributed by atoms with van der Waals surface area (Å²) in [6.07, 6.45) is -4.76. The highest BCUT2D eigenvalue weighted by Crippen LogP contribution is 2.30. The molecule has 1 heterocycles. The van der Waals surface area contributed by atoms with E-state index in [4.69, 9.17) is 5.14 Å². The third-order valence-electron chi connectivity index (χ3n) is 3.96. The van der Waals surface area contributed by atoms with Crippen molar-refractivity contribution in [1.82, 2.24) is 9.78 Å². The molecular weight excluding hydrogens is 395 g/mol. The van der Waals surface area contributed by atoms with Gasteiger partial charge in [0, 0.05) is 11.6 Å². The minimum absolute atomic E-state index is 0.0818. The Morgan fingerprint density at radius 3 is 2.11 bits per heavy atom. The number of nitrogens with zero attached hydrogens (tertiary/aromatic N) is 2. The van der Waals surface area contributed by atoms with Crippen LogP contribution in [0.4, 0.5) is 13.2 Å². The van der Waals surface area contributed by atoms with Gasteiger partial charge in [0.1, 0.15) is 5.69 Å². The fraction of sp³-hybridized carbons (Fsp3) is 0.111. The van der Waals surface area contributed by atoms with Crippen molar-refractivity contribution in [2.45, 2.75) is 18.0 Å². The second-order valence-electron chi connectivity index (χ2n) is 6.06. The fourth-order valence-electron chi connectivity index (χ4n) is 2.51. The molecule has 3 rings (SSSR count). The number of sulfonamides is 1.